The summed E-state index contributed by atoms with van der Waals surface area (Å²) in [5.74, 6) is 1.58. The number of carbonyl (C=O) groups excluding carboxylic acids is 1. The Morgan fingerprint density at radius 3 is 2.79 bits per heavy atom. The van der Waals surface area contributed by atoms with Crippen molar-refractivity contribution >= 4 is 5.91 Å². The van der Waals surface area contributed by atoms with Crippen molar-refractivity contribution in [2.75, 3.05) is 53.0 Å². The van der Waals surface area contributed by atoms with E-state index in [4.69, 9.17) is 9.47 Å². The molecule has 0 fully saturated rings. The minimum absolute atomic E-state index is 0.107. The average Bonchev–Trinajstić information content (AvgIpc) is 2.99. The lowest BCUT2D eigenvalue weighted by molar-refractivity contribution is 0.0501. The molecule has 4 rings (SSSR count). The predicted octanol–water partition coefficient (Wildman–Crippen LogP) is 2.56. The summed E-state index contributed by atoms with van der Waals surface area (Å²) < 4.78 is 11.8. The number of rotatable bonds is 10. The van der Waals surface area contributed by atoms with Gasteiger partial charge in [-0.25, -0.2) is 0 Å². The van der Waals surface area contributed by atoms with Crippen LogP contribution in [0.15, 0.2) is 42.5 Å². The van der Waals surface area contributed by atoms with Crippen LogP contribution in [-0.4, -0.2) is 79.9 Å². The Morgan fingerprint density at radius 2 is 1.97 bits per heavy atom. The van der Waals surface area contributed by atoms with Crippen LogP contribution in [0.25, 0.3) is 0 Å². The molecule has 2 aromatic carbocycles. The summed E-state index contributed by atoms with van der Waals surface area (Å²) in [5.41, 5.74) is 3.23. The fourth-order valence-corrected chi connectivity index (χ4v) is 4.63. The summed E-state index contributed by atoms with van der Waals surface area (Å²) in [6.45, 7) is 7.17. The second kappa shape index (κ2) is 11.7. The van der Waals surface area contributed by atoms with Crippen molar-refractivity contribution in [2.24, 2.45) is 5.92 Å². The summed E-state index contributed by atoms with van der Waals surface area (Å²) >= 11 is 0. The molecule has 2 atom stereocenters. The van der Waals surface area contributed by atoms with E-state index in [1.807, 2.05) is 19.2 Å². The van der Waals surface area contributed by atoms with Crippen molar-refractivity contribution < 1.29 is 19.4 Å². The Balaban J connectivity index is 1.32. The zero-order chi connectivity index (χ0) is 23.9. The maximum absolute atomic E-state index is 13.2. The number of aliphatic hydroxyl groups excluding tert-OH is 1. The Morgan fingerprint density at radius 1 is 1.15 bits per heavy atom. The van der Waals surface area contributed by atoms with Gasteiger partial charge >= 0.3 is 0 Å². The molecule has 34 heavy (non-hydrogen) atoms. The molecule has 2 aliphatic rings. The van der Waals surface area contributed by atoms with Gasteiger partial charge < -0.3 is 24.8 Å². The number of aliphatic hydroxyl groups is 1. The number of nitrogens with one attached hydrogen (secondary N) is 1. The van der Waals surface area contributed by atoms with E-state index in [-0.39, 0.29) is 5.91 Å². The third kappa shape index (κ3) is 6.29. The Hall–Kier alpha value is -2.61. The number of fused-ring (bicyclic) bond motifs is 2. The molecular formula is C27H37N3O4. The Kier molecular flexibility index (Phi) is 8.43. The van der Waals surface area contributed by atoms with E-state index >= 15 is 0 Å². The number of ether oxygens (including phenoxy) is 2. The molecule has 7 nitrogen and oxygen atoms in total. The number of benzene rings is 2. The normalized spacial score (nSPS) is 17.9. The molecule has 2 unspecified atom stereocenters. The van der Waals surface area contributed by atoms with Gasteiger partial charge in [0.15, 0.2) is 0 Å². The van der Waals surface area contributed by atoms with Crippen LogP contribution in [0.1, 0.15) is 34.8 Å². The highest BCUT2D eigenvalue weighted by molar-refractivity contribution is 5.97. The van der Waals surface area contributed by atoms with Crippen LogP contribution in [0.4, 0.5) is 0 Å². The van der Waals surface area contributed by atoms with E-state index in [0.717, 1.165) is 32.5 Å². The van der Waals surface area contributed by atoms with Crippen molar-refractivity contribution in [1.29, 1.82) is 0 Å². The number of carbonyl (C=O) groups is 1. The highest BCUT2D eigenvalue weighted by Gasteiger charge is 2.27. The lowest BCUT2D eigenvalue weighted by Crippen LogP contribution is -2.44. The topological polar surface area (TPSA) is 74.3 Å². The van der Waals surface area contributed by atoms with Gasteiger partial charge in [-0.3, -0.25) is 9.69 Å². The largest absolute Gasteiger partial charge is 0.493 e. The maximum Gasteiger partial charge on any atom is 0.257 e. The van der Waals surface area contributed by atoms with E-state index in [1.54, 1.807) is 11.0 Å². The van der Waals surface area contributed by atoms with Gasteiger partial charge in [0.25, 0.3) is 5.91 Å². The zero-order valence-corrected chi connectivity index (χ0v) is 20.3. The minimum Gasteiger partial charge on any atom is -0.493 e. The second-order valence-electron chi connectivity index (χ2n) is 9.47. The van der Waals surface area contributed by atoms with Gasteiger partial charge in [0, 0.05) is 32.2 Å². The number of hydrogen-bond acceptors (Lipinski definition) is 6. The fraction of sp³-hybridized carbons (Fsp3) is 0.519. The lowest BCUT2D eigenvalue weighted by atomic mass is 10.00. The van der Waals surface area contributed by atoms with E-state index < -0.39 is 6.10 Å². The molecule has 184 valence electrons. The first kappa shape index (κ1) is 24.5. The third-order valence-corrected chi connectivity index (χ3v) is 6.62. The van der Waals surface area contributed by atoms with Gasteiger partial charge in [0.05, 0.1) is 24.8 Å². The molecule has 0 spiro atoms. The monoisotopic (exact) mass is 467 g/mol. The van der Waals surface area contributed by atoms with Crippen LogP contribution in [0.3, 0.4) is 0 Å². The Labute approximate surface area is 202 Å². The standard InChI is InChI=1S/C27H37N3O4/c1-20(9-11-28-2)19-34-24-7-8-25-26(15-24)33-14-13-30(27(25)32)18-23(31)17-29-12-10-21-5-3-4-6-22(21)16-29/h3-8,15,20,23,28,31H,9-14,16-19H2,1-2H3. The van der Waals surface area contributed by atoms with Gasteiger partial charge in [-0.05, 0) is 55.6 Å². The molecule has 2 heterocycles. The van der Waals surface area contributed by atoms with Crippen LogP contribution in [0.2, 0.25) is 0 Å². The summed E-state index contributed by atoms with van der Waals surface area (Å²) in [6.07, 6.45) is 1.42. The molecule has 0 bridgehead atoms. The van der Waals surface area contributed by atoms with Crippen LogP contribution in [0, 0.1) is 5.92 Å². The van der Waals surface area contributed by atoms with Crippen LogP contribution < -0.4 is 14.8 Å². The quantitative estimate of drug-likeness (QED) is 0.560. The predicted molar refractivity (Wildman–Crippen MR) is 132 cm³/mol. The number of nitrogens with zero attached hydrogens (tertiary/aromatic N) is 2. The highest BCUT2D eigenvalue weighted by Crippen LogP contribution is 2.28. The zero-order valence-electron chi connectivity index (χ0n) is 20.3. The molecule has 0 saturated carbocycles. The highest BCUT2D eigenvalue weighted by atomic mass is 16.5. The SMILES string of the molecule is CNCCC(C)COc1ccc2c(c1)OCCN(CC(O)CN1CCc3ccccc3C1)C2=O. The lowest BCUT2D eigenvalue weighted by Gasteiger charge is -2.32. The first-order valence-electron chi connectivity index (χ1n) is 12.3. The minimum atomic E-state index is -0.613. The average molecular weight is 468 g/mol. The van der Waals surface area contributed by atoms with Crippen LogP contribution in [0.5, 0.6) is 11.5 Å². The second-order valence-corrected chi connectivity index (χ2v) is 9.47. The van der Waals surface area contributed by atoms with Crippen molar-refractivity contribution in [3.63, 3.8) is 0 Å². The first-order chi connectivity index (χ1) is 16.5. The van der Waals surface area contributed by atoms with E-state index in [9.17, 15) is 9.90 Å². The van der Waals surface area contributed by atoms with Gasteiger partial charge in [-0.15, -0.1) is 0 Å². The molecule has 0 aliphatic carbocycles. The summed E-state index contributed by atoms with van der Waals surface area (Å²) in [5, 5.41) is 13.9. The Bertz CT molecular complexity index is 967. The maximum atomic E-state index is 13.2. The molecule has 0 saturated heterocycles. The van der Waals surface area contributed by atoms with Crippen molar-refractivity contribution in [2.45, 2.75) is 32.4 Å². The van der Waals surface area contributed by atoms with Crippen molar-refractivity contribution in [3.8, 4) is 11.5 Å². The molecule has 2 aliphatic heterocycles. The molecule has 0 radical (unpaired) electrons. The van der Waals surface area contributed by atoms with E-state index in [0.29, 0.717) is 55.8 Å². The summed E-state index contributed by atoms with van der Waals surface area (Å²) in [4.78, 5) is 17.2. The van der Waals surface area contributed by atoms with Gasteiger partial charge in [0.1, 0.15) is 18.1 Å². The molecular weight excluding hydrogens is 430 g/mol. The van der Waals surface area contributed by atoms with Gasteiger partial charge in [-0.2, -0.15) is 0 Å². The molecule has 7 heteroatoms. The van der Waals surface area contributed by atoms with Gasteiger partial charge in [-0.1, -0.05) is 31.2 Å². The van der Waals surface area contributed by atoms with E-state index in [1.165, 1.54) is 11.1 Å². The first-order valence-corrected chi connectivity index (χ1v) is 12.3. The van der Waals surface area contributed by atoms with Crippen molar-refractivity contribution in [3.05, 3.63) is 59.2 Å². The summed E-state index contributed by atoms with van der Waals surface area (Å²) in [7, 11) is 1.95. The summed E-state index contributed by atoms with van der Waals surface area (Å²) in [6, 6.07) is 13.9. The van der Waals surface area contributed by atoms with Crippen LogP contribution >= 0.6 is 0 Å². The number of hydrogen-bond donors (Lipinski definition) is 2. The number of β-amino-alcohol motifs (C(OH)–C–C–N with tert-alkyl or cyclic N) is 1. The molecule has 2 aromatic rings. The third-order valence-electron chi connectivity index (χ3n) is 6.62. The van der Waals surface area contributed by atoms with Crippen molar-refractivity contribution in [1.82, 2.24) is 15.1 Å². The molecule has 0 aromatic heterocycles. The molecule has 2 N–H and O–H groups in total. The fourth-order valence-electron chi connectivity index (χ4n) is 4.63. The van der Waals surface area contributed by atoms with Crippen LogP contribution in [-0.2, 0) is 13.0 Å². The van der Waals surface area contributed by atoms with Gasteiger partial charge in [0.2, 0.25) is 0 Å². The van der Waals surface area contributed by atoms with E-state index in [2.05, 4.69) is 41.4 Å². The smallest absolute Gasteiger partial charge is 0.257 e. The number of amides is 1. The molecule has 1 amide bonds.